The second kappa shape index (κ2) is 9.20. The number of thiophene rings is 1. The second-order valence-electron chi connectivity index (χ2n) is 7.20. The first-order chi connectivity index (χ1) is 13.0. The summed E-state index contributed by atoms with van der Waals surface area (Å²) in [6, 6.07) is 0. The molecule has 27 heavy (non-hydrogen) atoms. The Balaban J connectivity index is 1.97. The molecule has 0 saturated heterocycles. The normalized spacial score (nSPS) is 15.3. The van der Waals surface area contributed by atoms with Crippen LogP contribution in [-0.4, -0.2) is 35.1 Å². The molecule has 2 aromatic heterocycles. The quantitative estimate of drug-likeness (QED) is 0.429. The van der Waals surface area contributed by atoms with Crippen molar-refractivity contribution < 1.29 is 9.53 Å². The molecule has 2 heterocycles. The van der Waals surface area contributed by atoms with Crippen molar-refractivity contribution in [2.24, 2.45) is 0 Å². The molecule has 0 radical (unpaired) electrons. The SMILES string of the molecule is CCCN(CCC)c1nc(Cl)nc2sc(C(=O)OC3CCCCC3)c(C)c12. The molecule has 2 aromatic rings. The Labute approximate surface area is 170 Å². The van der Waals surface area contributed by atoms with Gasteiger partial charge in [0.25, 0.3) is 0 Å². The molecule has 0 amide bonds. The van der Waals surface area contributed by atoms with Crippen molar-refractivity contribution in [3.63, 3.8) is 0 Å². The molecule has 0 bridgehead atoms. The third kappa shape index (κ3) is 4.54. The molecule has 1 fully saturated rings. The van der Waals surface area contributed by atoms with Crippen LogP contribution in [0.3, 0.4) is 0 Å². The third-order valence-corrected chi connectivity index (χ3v) is 6.38. The number of carbonyl (C=O) groups excluding carboxylic acids is 1. The van der Waals surface area contributed by atoms with Crippen molar-refractivity contribution in [2.75, 3.05) is 18.0 Å². The molecule has 0 unspecified atom stereocenters. The van der Waals surface area contributed by atoms with Gasteiger partial charge in [0.1, 0.15) is 21.6 Å². The zero-order valence-electron chi connectivity index (χ0n) is 16.4. The Morgan fingerprint density at radius 3 is 2.48 bits per heavy atom. The summed E-state index contributed by atoms with van der Waals surface area (Å²) < 4.78 is 5.79. The van der Waals surface area contributed by atoms with Crippen molar-refractivity contribution in [1.29, 1.82) is 0 Å². The minimum atomic E-state index is -0.234. The zero-order valence-corrected chi connectivity index (χ0v) is 18.0. The number of hydrogen-bond donors (Lipinski definition) is 0. The van der Waals surface area contributed by atoms with Crippen molar-refractivity contribution in [3.8, 4) is 0 Å². The predicted molar refractivity (Wildman–Crippen MR) is 112 cm³/mol. The summed E-state index contributed by atoms with van der Waals surface area (Å²) in [5.74, 6) is 0.598. The summed E-state index contributed by atoms with van der Waals surface area (Å²) >= 11 is 7.57. The Morgan fingerprint density at radius 1 is 1.19 bits per heavy atom. The van der Waals surface area contributed by atoms with Gasteiger partial charge < -0.3 is 9.64 Å². The van der Waals surface area contributed by atoms with Crippen LogP contribution in [0.15, 0.2) is 0 Å². The lowest BCUT2D eigenvalue weighted by Gasteiger charge is -2.23. The average Bonchev–Trinajstić information content (AvgIpc) is 2.98. The maximum absolute atomic E-state index is 12.8. The topological polar surface area (TPSA) is 55.3 Å². The highest BCUT2D eigenvalue weighted by atomic mass is 35.5. The number of aryl methyl sites for hydroxylation is 1. The molecule has 1 saturated carbocycles. The van der Waals surface area contributed by atoms with Gasteiger partial charge in [-0.3, -0.25) is 0 Å². The highest BCUT2D eigenvalue weighted by Crippen LogP contribution is 2.37. The van der Waals surface area contributed by atoms with E-state index in [1.165, 1.54) is 17.8 Å². The maximum Gasteiger partial charge on any atom is 0.348 e. The number of esters is 1. The van der Waals surface area contributed by atoms with E-state index in [9.17, 15) is 4.79 Å². The molecule has 1 aliphatic rings. The molecule has 0 aromatic carbocycles. The lowest BCUT2D eigenvalue weighted by atomic mass is 9.98. The minimum absolute atomic E-state index is 0.0432. The number of anilines is 1. The lowest BCUT2D eigenvalue weighted by molar-refractivity contribution is 0.0216. The molecule has 7 heteroatoms. The Bertz CT molecular complexity index is 796. The Kier molecular flexibility index (Phi) is 6.93. The first-order valence-electron chi connectivity index (χ1n) is 9.97. The summed E-state index contributed by atoms with van der Waals surface area (Å²) in [5.41, 5.74) is 0.902. The van der Waals surface area contributed by atoms with E-state index in [0.29, 0.717) is 4.88 Å². The van der Waals surface area contributed by atoms with Gasteiger partial charge in [0.2, 0.25) is 5.28 Å². The highest BCUT2D eigenvalue weighted by Gasteiger charge is 2.26. The van der Waals surface area contributed by atoms with Gasteiger partial charge in [0.15, 0.2) is 0 Å². The van der Waals surface area contributed by atoms with E-state index in [-0.39, 0.29) is 17.4 Å². The highest BCUT2D eigenvalue weighted by molar-refractivity contribution is 7.20. The van der Waals surface area contributed by atoms with Gasteiger partial charge >= 0.3 is 5.97 Å². The minimum Gasteiger partial charge on any atom is -0.458 e. The van der Waals surface area contributed by atoms with Crippen molar-refractivity contribution >= 4 is 44.9 Å². The van der Waals surface area contributed by atoms with Crippen LogP contribution < -0.4 is 4.90 Å². The van der Waals surface area contributed by atoms with Crippen LogP contribution in [0.4, 0.5) is 5.82 Å². The first-order valence-corrected chi connectivity index (χ1v) is 11.2. The fourth-order valence-corrected chi connectivity index (χ4v) is 5.04. The van der Waals surface area contributed by atoms with E-state index in [0.717, 1.165) is 73.2 Å². The zero-order chi connectivity index (χ0) is 19.4. The third-order valence-electron chi connectivity index (χ3n) is 5.04. The van der Waals surface area contributed by atoms with E-state index in [2.05, 4.69) is 28.7 Å². The molecule has 3 rings (SSSR count). The number of hydrogen-bond acceptors (Lipinski definition) is 6. The summed E-state index contributed by atoms with van der Waals surface area (Å²) in [6.07, 6.45) is 7.52. The number of fused-ring (bicyclic) bond motifs is 1. The van der Waals surface area contributed by atoms with Crippen molar-refractivity contribution in [1.82, 2.24) is 9.97 Å². The smallest absolute Gasteiger partial charge is 0.348 e. The van der Waals surface area contributed by atoms with Gasteiger partial charge in [-0.25, -0.2) is 9.78 Å². The van der Waals surface area contributed by atoms with Crippen molar-refractivity contribution in [2.45, 2.75) is 71.8 Å². The number of halogens is 1. The van der Waals surface area contributed by atoms with Gasteiger partial charge in [0, 0.05) is 13.1 Å². The van der Waals surface area contributed by atoms with Crippen LogP contribution in [-0.2, 0) is 4.74 Å². The van der Waals surface area contributed by atoms with Crippen molar-refractivity contribution in [3.05, 3.63) is 15.7 Å². The van der Waals surface area contributed by atoms with E-state index < -0.39 is 0 Å². The average molecular weight is 410 g/mol. The predicted octanol–water partition coefficient (Wildman–Crippen LogP) is 5.77. The molecule has 0 atom stereocenters. The van der Waals surface area contributed by atoms with Crippen LogP contribution in [0.2, 0.25) is 5.28 Å². The molecular formula is C20H28ClN3O2S. The summed E-state index contributed by atoms with van der Waals surface area (Å²) in [7, 11) is 0. The molecule has 5 nitrogen and oxygen atoms in total. The van der Waals surface area contributed by atoms with Gasteiger partial charge in [-0.05, 0) is 62.6 Å². The van der Waals surface area contributed by atoms with Crippen LogP contribution >= 0.6 is 22.9 Å². The number of ether oxygens (including phenoxy) is 1. The fourth-order valence-electron chi connectivity index (χ4n) is 3.77. The molecule has 0 N–H and O–H groups in total. The van der Waals surface area contributed by atoms with Crippen LogP contribution in [0.25, 0.3) is 10.2 Å². The monoisotopic (exact) mass is 409 g/mol. The van der Waals surface area contributed by atoms with Gasteiger partial charge in [0.05, 0.1) is 5.39 Å². The Morgan fingerprint density at radius 2 is 1.85 bits per heavy atom. The summed E-state index contributed by atoms with van der Waals surface area (Å²) in [6.45, 7) is 8.06. The molecular weight excluding hydrogens is 382 g/mol. The lowest BCUT2D eigenvalue weighted by Crippen LogP contribution is -2.26. The maximum atomic E-state index is 12.8. The molecule has 0 aliphatic heterocycles. The van der Waals surface area contributed by atoms with E-state index in [1.54, 1.807) is 0 Å². The number of aromatic nitrogens is 2. The largest absolute Gasteiger partial charge is 0.458 e. The van der Waals surface area contributed by atoms with E-state index in [1.807, 2.05) is 6.92 Å². The number of rotatable bonds is 7. The van der Waals surface area contributed by atoms with Gasteiger partial charge in [-0.15, -0.1) is 11.3 Å². The van der Waals surface area contributed by atoms with E-state index in [4.69, 9.17) is 16.3 Å². The molecule has 148 valence electrons. The summed E-state index contributed by atoms with van der Waals surface area (Å²) in [5, 5.41) is 1.16. The summed E-state index contributed by atoms with van der Waals surface area (Å²) in [4.78, 5) is 25.4. The van der Waals surface area contributed by atoms with Crippen LogP contribution in [0, 0.1) is 6.92 Å². The first kappa shape index (κ1) is 20.3. The molecule has 0 spiro atoms. The number of nitrogens with zero attached hydrogens (tertiary/aromatic N) is 3. The van der Waals surface area contributed by atoms with Gasteiger partial charge in [-0.1, -0.05) is 20.3 Å². The van der Waals surface area contributed by atoms with Crippen LogP contribution in [0.1, 0.15) is 74.0 Å². The molecule has 1 aliphatic carbocycles. The van der Waals surface area contributed by atoms with Gasteiger partial charge in [-0.2, -0.15) is 4.98 Å². The standard InChI is InChI=1S/C20H28ClN3O2S/c1-4-11-24(12-5-2)17-15-13(3)16(27-18(15)23-20(21)22-17)19(25)26-14-9-7-6-8-10-14/h14H,4-12H2,1-3H3. The second-order valence-corrected chi connectivity index (χ2v) is 8.54. The number of carbonyl (C=O) groups is 1. The van der Waals surface area contributed by atoms with Crippen LogP contribution in [0.5, 0.6) is 0 Å². The van der Waals surface area contributed by atoms with E-state index >= 15 is 0 Å². The Hall–Kier alpha value is -1.40. The fraction of sp³-hybridized carbons (Fsp3) is 0.650.